The average Bonchev–Trinajstić information content (AvgIpc) is 3.38. The number of halogens is 1. The van der Waals surface area contributed by atoms with Crippen LogP contribution in [-0.2, 0) is 24.3 Å². The van der Waals surface area contributed by atoms with Gasteiger partial charge >= 0.3 is 12.1 Å². The van der Waals surface area contributed by atoms with E-state index >= 15 is 0 Å². The molecule has 0 radical (unpaired) electrons. The number of alkyl carbamates (subject to hydrolysis) is 1. The number of ether oxygens (including phenoxy) is 2. The highest BCUT2D eigenvalue weighted by Crippen LogP contribution is 2.35. The van der Waals surface area contributed by atoms with Crippen LogP contribution >= 0.6 is 11.6 Å². The summed E-state index contributed by atoms with van der Waals surface area (Å²) in [5, 5.41) is 7.74. The fraction of sp³-hybridized carbons (Fsp3) is 0.545. The third-order valence-electron chi connectivity index (χ3n) is 8.26. The van der Waals surface area contributed by atoms with E-state index in [0.717, 1.165) is 30.5 Å². The Morgan fingerprint density at radius 2 is 1.82 bits per heavy atom. The van der Waals surface area contributed by atoms with E-state index in [-0.39, 0.29) is 35.2 Å². The van der Waals surface area contributed by atoms with Crippen LogP contribution in [0.25, 0.3) is 5.65 Å². The number of hydrogen-bond acceptors (Lipinski definition) is 10. The highest BCUT2D eigenvalue weighted by atomic mass is 35.5. The van der Waals surface area contributed by atoms with Crippen molar-refractivity contribution < 1.29 is 32.3 Å². The lowest BCUT2D eigenvalue weighted by molar-refractivity contribution is -0.154. The Hall–Kier alpha value is -4.11. The standard InChI is InChI=1S/C33H44ClN7O7S/c1-19(2)28(36-32(44)48-33(4,5)6)31(43)47-22-17-39(18-22)29-20(3)16-41-27(35-29)15-25(37-41)26-10-8-9-13-40(26)30(42)23-14-21(34)11-12-24(23)38-49(7,45)46/h11-12,14-16,19,22,26,28,38H,8-10,13,17-18H2,1-7H3,(H,36,44)/t26-,28-/m0/s1. The number of aromatic nitrogens is 3. The molecule has 2 amide bonds. The second kappa shape index (κ2) is 14.0. The molecule has 0 aliphatic carbocycles. The Kier molecular flexibility index (Phi) is 10.4. The van der Waals surface area contributed by atoms with Gasteiger partial charge in [-0.1, -0.05) is 25.4 Å². The van der Waals surface area contributed by atoms with E-state index in [0.29, 0.717) is 42.4 Å². The summed E-state index contributed by atoms with van der Waals surface area (Å²) in [5.41, 5.74) is 1.77. The lowest BCUT2D eigenvalue weighted by Gasteiger charge is -2.40. The highest BCUT2D eigenvalue weighted by Gasteiger charge is 2.37. The molecular formula is C33H44ClN7O7S. The van der Waals surface area contributed by atoms with Crippen molar-refractivity contribution in [3.63, 3.8) is 0 Å². The number of carbonyl (C=O) groups excluding carboxylic acids is 3. The third-order valence-corrected chi connectivity index (χ3v) is 9.09. The number of hydrogen-bond donors (Lipinski definition) is 2. The van der Waals surface area contributed by atoms with Crippen molar-refractivity contribution in [2.45, 2.75) is 84.6 Å². The van der Waals surface area contributed by atoms with E-state index in [1.807, 2.05) is 37.9 Å². The fourth-order valence-electron chi connectivity index (χ4n) is 5.98. The molecule has 2 atom stereocenters. The molecule has 0 saturated carbocycles. The minimum atomic E-state index is -3.64. The van der Waals surface area contributed by atoms with Crippen LogP contribution in [0, 0.1) is 12.8 Å². The number of carbonyl (C=O) groups is 3. The lowest BCUT2D eigenvalue weighted by atomic mass is 9.98. The minimum Gasteiger partial charge on any atom is -0.457 e. The van der Waals surface area contributed by atoms with Gasteiger partial charge in [0.2, 0.25) is 10.0 Å². The maximum atomic E-state index is 13.9. The first-order valence-corrected chi connectivity index (χ1v) is 18.6. The summed E-state index contributed by atoms with van der Waals surface area (Å²) < 4.78 is 39.2. The average molecular weight is 718 g/mol. The molecule has 5 rings (SSSR count). The third kappa shape index (κ3) is 8.74. The van der Waals surface area contributed by atoms with E-state index in [9.17, 15) is 22.8 Å². The molecule has 2 aliphatic heterocycles. The van der Waals surface area contributed by atoms with Crippen LogP contribution in [0.4, 0.5) is 16.3 Å². The Morgan fingerprint density at radius 1 is 1.10 bits per heavy atom. The van der Waals surface area contributed by atoms with Crippen LogP contribution in [0.5, 0.6) is 0 Å². The van der Waals surface area contributed by atoms with E-state index in [4.69, 9.17) is 31.2 Å². The summed E-state index contributed by atoms with van der Waals surface area (Å²) in [7, 11) is -3.64. The van der Waals surface area contributed by atoms with Gasteiger partial charge in [0.1, 0.15) is 23.6 Å². The molecule has 0 spiro atoms. The normalized spacial score (nSPS) is 17.9. The van der Waals surface area contributed by atoms with Crippen molar-refractivity contribution in [1.29, 1.82) is 0 Å². The van der Waals surface area contributed by atoms with Crippen LogP contribution in [-0.4, -0.2) is 89.5 Å². The predicted molar refractivity (Wildman–Crippen MR) is 185 cm³/mol. The quantitative estimate of drug-likeness (QED) is 0.296. The second-order valence-electron chi connectivity index (χ2n) is 14.0. The first-order chi connectivity index (χ1) is 22.9. The number of anilines is 2. The maximum Gasteiger partial charge on any atom is 0.408 e. The number of rotatable bonds is 9. The summed E-state index contributed by atoms with van der Waals surface area (Å²) in [6, 6.07) is 5.15. The molecule has 0 unspecified atom stereocenters. The van der Waals surface area contributed by atoms with Crippen LogP contribution in [0.1, 0.15) is 81.5 Å². The molecule has 2 saturated heterocycles. The number of fused-ring (bicyclic) bond motifs is 1. The predicted octanol–water partition coefficient (Wildman–Crippen LogP) is 4.71. The van der Waals surface area contributed by atoms with Crippen LogP contribution < -0.4 is 14.9 Å². The van der Waals surface area contributed by atoms with Gasteiger partial charge in [0.15, 0.2) is 5.65 Å². The van der Waals surface area contributed by atoms with Crippen molar-refractivity contribution in [1.82, 2.24) is 24.8 Å². The number of likely N-dealkylation sites (tertiary alicyclic amines) is 1. The molecule has 266 valence electrons. The van der Waals surface area contributed by atoms with Crippen molar-refractivity contribution in [2.75, 3.05) is 35.5 Å². The number of benzene rings is 1. The summed E-state index contributed by atoms with van der Waals surface area (Å²) in [6.45, 7) is 12.2. The van der Waals surface area contributed by atoms with Crippen LogP contribution in [0.2, 0.25) is 5.02 Å². The first-order valence-electron chi connectivity index (χ1n) is 16.3. The van der Waals surface area contributed by atoms with Gasteiger partial charge in [-0.15, -0.1) is 0 Å². The molecule has 16 heteroatoms. The highest BCUT2D eigenvalue weighted by molar-refractivity contribution is 7.92. The monoisotopic (exact) mass is 717 g/mol. The molecule has 4 heterocycles. The van der Waals surface area contributed by atoms with Crippen molar-refractivity contribution >= 4 is 56.7 Å². The SMILES string of the molecule is Cc1cn2nc([C@@H]3CCCCN3C(=O)c3cc(Cl)ccc3NS(C)(=O)=O)cc2nc1N1CC(OC(=O)[C@@H](NC(=O)OC(C)(C)C)C(C)C)C1. The zero-order chi connectivity index (χ0) is 35.8. The Morgan fingerprint density at radius 3 is 2.47 bits per heavy atom. The largest absolute Gasteiger partial charge is 0.457 e. The van der Waals surface area contributed by atoms with Gasteiger partial charge in [-0.05, 0) is 71.1 Å². The van der Waals surface area contributed by atoms with Gasteiger partial charge in [0.25, 0.3) is 5.91 Å². The number of aryl methyl sites for hydroxylation is 1. The smallest absolute Gasteiger partial charge is 0.408 e. The van der Waals surface area contributed by atoms with E-state index < -0.39 is 33.7 Å². The second-order valence-corrected chi connectivity index (χ2v) is 16.2. The van der Waals surface area contributed by atoms with Gasteiger partial charge in [-0.3, -0.25) is 9.52 Å². The zero-order valence-electron chi connectivity index (χ0n) is 28.8. The molecule has 2 N–H and O–H groups in total. The number of nitrogens with one attached hydrogen (secondary N) is 2. The van der Waals surface area contributed by atoms with Gasteiger partial charge in [-0.2, -0.15) is 5.10 Å². The van der Waals surface area contributed by atoms with Crippen molar-refractivity contribution in [3.05, 3.63) is 52.3 Å². The summed E-state index contributed by atoms with van der Waals surface area (Å²) in [4.78, 5) is 47.8. The Bertz CT molecular complexity index is 1850. The van der Waals surface area contributed by atoms with Crippen LogP contribution in [0.15, 0.2) is 30.5 Å². The molecule has 49 heavy (non-hydrogen) atoms. The molecule has 2 aliphatic rings. The Labute approximate surface area is 291 Å². The number of nitrogens with zero attached hydrogens (tertiary/aromatic N) is 5. The van der Waals surface area contributed by atoms with Crippen molar-refractivity contribution in [2.24, 2.45) is 5.92 Å². The summed E-state index contributed by atoms with van der Waals surface area (Å²) >= 11 is 6.23. The molecule has 14 nitrogen and oxygen atoms in total. The minimum absolute atomic E-state index is 0.163. The van der Waals surface area contributed by atoms with Crippen LogP contribution in [0.3, 0.4) is 0 Å². The molecule has 2 aromatic heterocycles. The molecule has 3 aromatic rings. The van der Waals surface area contributed by atoms with E-state index in [2.05, 4.69) is 10.0 Å². The summed E-state index contributed by atoms with van der Waals surface area (Å²) in [6.07, 6.45) is 4.22. The zero-order valence-corrected chi connectivity index (χ0v) is 30.4. The molecular weight excluding hydrogens is 674 g/mol. The number of esters is 1. The Balaban J connectivity index is 1.29. The molecule has 0 bridgehead atoms. The summed E-state index contributed by atoms with van der Waals surface area (Å²) in [5.74, 6) is -0.340. The van der Waals surface area contributed by atoms with E-state index in [1.165, 1.54) is 18.2 Å². The number of piperidine rings is 1. The molecule has 1 aromatic carbocycles. The van der Waals surface area contributed by atoms with Gasteiger partial charge in [0.05, 0.1) is 42.3 Å². The fourth-order valence-corrected chi connectivity index (χ4v) is 6.73. The maximum absolute atomic E-state index is 13.9. The topological polar surface area (TPSA) is 165 Å². The number of sulfonamides is 1. The van der Waals surface area contributed by atoms with E-state index in [1.54, 1.807) is 30.2 Å². The van der Waals surface area contributed by atoms with Crippen molar-refractivity contribution in [3.8, 4) is 0 Å². The van der Waals surface area contributed by atoms with Gasteiger partial charge < -0.3 is 24.6 Å². The molecule has 2 fully saturated rings. The lowest BCUT2D eigenvalue weighted by Crippen LogP contribution is -2.56. The van der Waals surface area contributed by atoms with Gasteiger partial charge in [0, 0.05) is 29.4 Å². The van der Waals surface area contributed by atoms with Gasteiger partial charge in [-0.25, -0.2) is 27.5 Å². The number of amides is 2. The first kappa shape index (κ1) is 36.2.